The van der Waals surface area contributed by atoms with Crippen LogP contribution < -0.4 is 11.1 Å². The van der Waals surface area contributed by atoms with Gasteiger partial charge in [0.05, 0.1) is 11.1 Å². The molecule has 0 fully saturated rings. The summed E-state index contributed by atoms with van der Waals surface area (Å²) in [6, 6.07) is 5.05. The fourth-order valence-electron chi connectivity index (χ4n) is 2.03. The molecule has 1 amide bonds. The van der Waals surface area contributed by atoms with Crippen LogP contribution in [0.4, 0.5) is 0 Å². The van der Waals surface area contributed by atoms with E-state index >= 15 is 0 Å². The van der Waals surface area contributed by atoms with E-state index in [0.29, 0.717) is 23.0 Å². The molecule has 1 heterocycles. The molecule has 0 aliphatic carbocycles. The van der Waals surface area contributed by atoms with Crippen LogP contribution in [0.25, 0.3) is 11.0 Å². The highest BCUT2D eigenvalue weighted by atomic mass is 16.4. The molecule has 0 radical (unpaired) electrons. The standard InChI is InChI=1S/C14H17N5O2/c1-2-9(8-12(15)19-21)18-14(20)10-4-3-5-11-13(10)17-7-6-16-11/h3-7,9,21H,2,8H2,1H3,(H2,15,19)(H,18,20). The number of nitrogens with one attached hydrogen (secondary N) is 1. The highest BCUT2D eigenvalue weighted by molar-refractivity contribution is 6.04. The minimum Gasteiger partial charge on any atom is -0.409 e. The molecule has 1 aromatic carbocycles. The SMILES string of the molecule is CCC(C/C(N)=N/O)NC(=O)c1cccc2nccnc12. The molecule has 2 aromatic rings. The fourth-order valence-corrected chi connectivity index (χ4v) is 2.03. The minimum absolute atomic E-state index is 0.0832. The maximum Gasteiger partial charge on any atom is 0.253 e. The number of amides is 1. The van der Waals surface area contributed by atoms with Gasteiger partial charge >= 0.3 is 0 Å². The average Bonchev–Trinajstić information content (AvgIpc) is 2.53. The van der Waals surface area contributed by atoms with E-state index in [1.807, 2.05) is 6.92 Å². The van der Waals surface area contributed by atoms with Crippen molar-refractivity contribution in [3.63, 3.8) is 0 Å². The largest absolute Gasteiger partial charge is 0.409 e. The third-order valence-corrected chi connectivity index (χ3v) is 3.16. The molecule has 4 N–H and O–H groups in total. The number of aromatic nitrogens is 2. The van der Waals surface area contributed by atoms with E-state index in [1.54, 1.807) is 30.6 Å². The molecular formula is C14H17N5O2. The van der Waals surface area contributed by atoms with Crippen molar-refractivity contribution in [3.8, 4) is 0 Å². The number of carbonyl (C=O) groups excluding carboxylic acids is 1. The molecule has 0 saturated heterocycles. The first kappa shape index (κ1) is 14.7. The van der Waals surface area contributed by atoms with Gasteiger partial charge in [-0.25, -0.2) is 0 Å². The Hall–Kier alpha value is -2.70. The molecule has 110 valence electrons. The summed E-state index contributed by atoms with van der Waals surface area (Å²) >= 11 is 0. The molecule has 0 saturated carbocycles. The number of rotatable bonds is 5. The number of nitrogens with zero attached hydrogens (tertiary/aromatic N) is 3. The summed E-state index contributed by atoms with van der Waals surface area (Å²) in [5, 5.41) is 14.4. The van der Waals surface area contributed by atoms with Crippen LogP contribution in [0.3, 0.4) is 0 Å². The van der Waals surface area contributed by atoms with Gasteiger partial charge in [-0.1, -0.05) is 18.1 Å². The van der Waals surface area contributed by atoms with E-state index in [-0.39, 0.29) is 24.2 Å². The first-order chi connectivity index (χ1) is 10.2. The van der Waals surface area contributed by atoms with Crippen molar-refractivity contribution >= 4 is 22.8 Å². The van der Waals surface area contributed by atoms with E-state index in [1.165, 1.54) is 0 Å². The topological polar surface area (TPSA) is 113 Å². The van der Waals surface area contributed by atoms with Gasteiger partial charge in [-0.3, -0.25) is 14.8 Å². The summed E-state index contributed by atoms with van der Waals surface area (Å²) in [6.07, 6.45) is 4.08. The number of nitrogens with two attached hydrogens (primary N) is 1. The first-order valence-corrected chi connectivity index (χ1v) is 6.62. The quantitative estimate of drug-likeness (QED) is 0.332. The molecule has 0 spiro atoms. The summed E-state index contributed by atoms with van der Waals surface area (Å²) in [7, 11) is 0. The lowest BCUT2D eigenvalue weighted by Crippen LogP contribution is -2.37. The highest BCUT2D eigenvalue weighted by Gasteiger charge is 2.16. The van der Waals surface area contributed by atoms with Crippen LogP contribution in [0.15, 0.2) is 35.7 Å². The second-order valence-corrected chi connectivity index (χ2v) is 4.60. The predicted molar refractivity (Wildman–Crippen MR) is 79.1 cm³/mol. The Bertz CT molecular complexity index is 666. The molecule has 1 atom stereocenters. The van der Waals surface area contributed by atoms with Gasteiger partial charge in [0.2, 0.25) is 0 Å². The summed E-state index contributed by atoms with van der Waals surface area (Å²) in [4.78, 5) is 20.7. The Morgan fingerprint density at radius 1 is 1.43 bits per heavy atom. The van der Waals surface area contributed by atoms with Gasteiger partial charge in [0.1, 0.15) is 11.4 Å². The third-order valence-electron chi connectivity index (χ3n) is 3.16. The summed E-state index contributed by atoms with van der Waals surface area (Å²) in [6.45, 7) is 1.92. The zero-order chi connectivity index (χ0) is 15.2. The lowest BCUT2D eigenvalue weighted by Gasteiger charge is -2.16. The number of hydrogen-bond donors (Lipinski definition) is 3. The van der Waals surface area contributed by atoms with Crippen molar-refractivity contribution < 1.29 is 10.0 Å². The average molecular weight is 287 g/mol. The molecular weight excluding hydrogens is 270 g/mol. The molecule has 1 aromatic heterocycles. The Morgan fingerprint density at radius 2 is 2.19 bits per heavy atom. The fraction of sp³-hybridized carbons (Fsp3) is 0.286. The number of para-hydroxylation sites is 1. The zero-order valence-electron chi connectivity index (χ0n) is 11.7. The summed E-state index contributed by atoms with van der Waals surface area (Å²) in [5.74, 6) is -0.168. The van der Waals surface area contributed by atoms with Gasteiger partial charge in [-0.15, -0.1) is 0 Å². The van der Waals surface area contributed by atoms with Crippen molar-refractivity contribution in [3.05, 3.63) is 36.2 Å². The van der Waals surface area contributed by atoms with Crippen molar-refractivity contribution in [1.82, 2.24) is 15.3 Å². The first-order valence-electron chi connectivity index (χ1n) is 6.62. The smallest absolute Gasteiger partial charge is 0.253 e. The summed E-state index contributed by atoms with van der Waals surface area (Å²) in [5.41, 5.74) is 7.15. The van der Waals surface area contributed by atoms with Crippen LogP contribution in [-0.2, 0) is 0 Å². The van der Waals surface area contributed by atoms with Crippen LogP contribution in [0.1, 0.15) is 30.1 Å². The number of benzene rings is 1. The van der Waals surface area contributed by atoms with Gasteiger partial charge < -0.3 is 16.3 Å². The van der Waals surface area contributed by atoms with Crippen molar-refractivity contribution in [2.24, 2.45) is 10.9 Å². The monoisotopic (exact) mass is 287 g/mol. The van der Waals surface area contributed by atoms with Gasteiger partial charge in [0.25, 0.3) is 5.91 Å². The number of amidine groups is 1. The Kier molecular flexibility index (Phi) is 4.65. The van der Waals surface area contributed by atoms with Crippen LogP contribution in [0, 0.1) is 0 Å². The Morgan fingerprint density at radius 3 is 2.90 bits per heavy atom. The second kappa shape index (κ2) is 6.65. The van der Waals surface area contributed by atoms with E-state index < -0.39 is 0 Å². The Labute approximate surface area is 121 Å². The Balaban J connectivity index is 2.22. The maximum absolute atomic E-state index is 12.4. The second-order valence-electron chi connectivity index (χ2n) is 4.60. The number of hydrogen-bond acceptors (Lipinski definition) is 5. The molecule has 0 aliphatic heterocycles. The molecule has 0 bridgehead atoms. The maximum atomic E-state index is 12.4. The van der Waals surface area contributed by atoms with Crippen LogP contribution in [0.5, 0.6) is 0 Å². The molecule has 1 unspecified atom stereocenters. The molecule has 0 aliphatic rings. The molecule has 7 heteroatoms. The zero-order valence-corrected chi connectivity index (χ0v) is 11.7. The van der Waals surface area contributed by atoms with Crippen molar-refractivity contribution in [2.75, 3.05) is 0 Å². The number of carbonyl (C=O) groups is 1. The number of oxime groups is 1. The van der Waals surface area contributed by atoms with Gasteiger partial charge in [-0.2, -0.15) is 0 Å². The van der Waals surface area contributed by atoms with E-state index in [9.17, 15) is 4.79 Å². The van der Waals surface area contributed by atoms with Crippen molar-refractivity contribution in [1.29, 1.82) is 0 Å². The van der Waals surface area contributed by atoms with Gasteiger partial charge in [0.15, 0.2) is 0 Å². The lowest BCUT2D eigenvalue weighted by molar-refractivity contribution is 0.0938. The van der Waals surface area contributed by atoms with E-state index in [0.717, 1.165) is 0 Å². The van der Waals surface area contributed by atoms with Crippen LogP contribution in [0.2, 0.25) is 0 Å². The molecule has 2 rings (SSSR count). The lowest BCUT2D eigenvalue weighted by atomic mass is 10.1. The molecule has 7 nitrogen and oxygen atoms in total. The summed E-state index contributed by atoms with van der Waals surface area (Å²) < 4.78 is 0. The van der Waals surface area contributed by atoms with Crippen LogP contribution in [-0.4, -0.2) is 33.0 Å². The third kappa shape index (κ3) is 3.44. The normalized spacial score (nSPS) is 13.1. The predicted octanol–water partition coefficient (Wildman–Crippen LogP) is 1.27. The number of fused-ring (bicyclic) bond motifs is 1. The van der Waals surface area contributed by atoms with E-state index in [4.69, 9.17) is 10.9 Å². The van der Waals surface area contributed by atoms with Crippen molar-refractivity contribution in [2.45, 2.75) is 25.8 Å². The van der Waals surface area contributed by atoms with Gasteiger partial charge in [0, 0.05) is 24.9 Å². The highest BCUT2D eigenvalue weighted by Crippen LogP contribution is 2.14. The van der Waals surface area contributed by atoms with Gasteiger partial charge in [-0.05, 0) is 18.6 Å². The minimum atomic E-state index is -0.251. The van der Waals surface area contributed by atoms with E-state index in [2.05, 4.69) is 20.4 Å². The van der Waals surface area contributed by atoms with Crippen LogP contribution >= 0.6 is 0 Å². The molecule has 21 heavy (non-hydrogen) atoms.